The Kier molecular flexibility index (Phi) is 5.58. The minimum absolute atomic E-state index is 0.348. The second-order valence-electron chi connectivity index (χ2n) is 10.2. The molecule has 3 heteroatoms. The van der Waals surface area contributed by atoms with Gasteiger partial charge in [0.2, 0.25) is 0 Å². The molecule has 3 aromatic carbocycles. The Balaban J connectivity index is 1.74. The van der Waals surface area contributed by atoms with Crippen LogP contribution in [0.15, 0.2) is 96.6 Å². The van der Waals surface area contributed by atoms with Crippen molar-refractivity contribution in [2.45, 2.75) is 31.2 Å². The highest BCUT2D eigenvalue weighted by molar-refractivity contribution is 7.79. The Morgan fingerprint density at radius 3 is 1.88 bits per heavy atom. The number of fused-ring (bicyclic) bond motifs is 2. The third-order valence-electron chi connectivity index (χ3n) is 6.76. The molecule has 0 aromatic heterocycles. The number of likely N-dealkylation sites (N-methyl/N-ethyl adjacent to an activating group) is 1. The zero-order chi connectivity index (χ0) is 22.5. The monoisotopic (exact) mass is 453 g/mol. The van der Waals surface area contributed by atoms with Gasteiger partial charge in [-0.1, -0.05) is 111 Å². The number of benzene rings is 3. The molecule has 0 bridgehead atoms. The van der Waals surface area contributed by atoms with Crippen LogP contribution in [-0.4, -0.2) is 27.1 Å². The Bertz CT molecular complexity index is 1150. The molecule has 32 heavy (non-hydrogen) atoms. The number of hydrogen-bond acceptors (Lipinski definition) is 1. The van der Waals surface area contributed by atoms with Crippen LogP contribution >= 0.6 is 7.92 Å². The van der Waals surface area contributed by atoms with E-state index in [1.54, 1.807) is 5.57 Å². The molecule has 1 nitrogen and oxygen atoms in total. The van der Waals surface area contributed by atoms with Crippen LogP contribution in [0.4, 0.5) is 0 Å². The minimum atomic E-state index is -1.38. The third-order valence-corrected chi connectivity index (χ3v) is 11.6. The normalized spacial score (nSPS) is 19.7. The lowest BCUT2D eigenvalue weighted by atomic mass is 10.0. The summed E-state index contributed by atoms with van der Waals surface area (Å²) >= 11 is 0. The van der Waals surface area contributed by atoms with Gasteiger partial charge in [0.05, 0.1) is 14.1 Å². The Morgan fingerprint density at radius 2 is 1.34 bits per heavy atom. The summed E-state index contributed by atoms with van der Waals surface area (Å²) in [4.78, 5) is 2.45. The number of hydrogen-bond donors (Lipinski definition) is 0. The minimum Gasteiger partial charge on any atom is -0.299 e. The number of nitrogens with zero attached hydrogens (tertiary/aromatic N) is 1. The summed E-state index contributed by atoms with van der Waals surface area (Å²) in [6.45, 7) is 7.53. The van der Waals surface area contributed by atoms with Crippen molar-refractivity contribution in [2.75, 3.05) is 14.1 Å². The zero-order valence-electron chi connectivity index (χ0n) is 19.7. The first-order chi connectivity index (χ1) is 15.4. The van der Waals surface area contributed by atoms with Crippen LogP contribution in [0.2, 0.25) is 25.2 Å². The van der Waals surface area contributed by atoms with Gasteiger partial charge in [-0.05, 0) is 65.7 Å². The molecular formula is C29H32NPSi. The Hall–Kier alpha value is -2.25. The number of rotatable bonds is 5. The lowest BCUT2D eigenvalue weighted by molar-refractivity contribution is 0.340. The van der Waals surface area contributed by atoms with Crippen molar-refractivity contribution >= 4 is 37.5 Å². The average molecular weight is 454 g/mol. The molecule has 5 rings (SSSR count). The van der Waals surface area contributed by atoms with Crippen molar-refractivity contribution in [1.82, 2.24) is 4.90 Å². The lowest BCUT2D eigenvalue weighted by Crippen LogP contribution is -2.34. The smallest absolute Gasteiger partial charge is 0.0580 e. The fourth-order valence-electron chi connectivity index (χ4n) is 5.42. The quantitative estimate of drug-likeness (QED) is 0.334. The first-order valence-corrected chi connectivity index (χ1v) is 16.4. The van der Waals surface area contributed by atoms with E-state index in [1.807, 2.05) is 0 Å². The molecule has 1 unspecified atom stereocenters. The molecule has 2 aliphatic rings. The third kappa shape index (κ3) is 3.55. The SMILES string of the molecule is CN(C)[C@H]1C2=C(C=CC2[Si](C)(C)C)c2cccc(P(c3ccccc3)c3ccccc3)c21. The Morgan fingerprint density at radius 1 is 0.750 bits per heavy atom. The summed E-state index contributed by atoms with van der Waals surface area (Å²) in [7, 11) is 2.51. The van der Waals surface area contributed by atoms with Gasteiger partial charge in [-0.25, -0.2) is 0 Å². The van der Waals surface area contributed by atoms with E-state index in [4.69, 9.17) is 0 Å². The van der Waals surface area contributed by atoms with Gasteiger partial charge >= 0.3 is 0 Å². The van der Waals surface area contributed by atoms with E-state index in [2.05, 4.69) is 130 Å². The van der Waals surface area contributed by atoms with Crippen LogP contribution in [0.5, 0.6) is 0 Å². The maximum absolute atomic E-state index is 2.51. The molecule has 0 heterocycles. The fraction of sp³-hybridized carbons (Fsp3) is 0.241. The molecule has 0 N–H and O–H groups in total. The highest BCUT2D eigenvalue weighted by Crippen LogP contribution is 2.56. The molecule has 162 valence electrons. The van der Waals surface area contributed by atoms with Crippen molar-refractivity contribution in [3.05, 3.63) is 108 Å². The van der Waals surface area contributed by atoms with Crippen LogP contribution in [0.1, 0.15) is 17.2 Å². The molecule has 2 atom stereocenters. The molecule has 3 aromatic rings. The number of allylic oxidation sites excluding steroid dienone is 3. The van der Waals surface area contributed by atoms with E-state index >= 15 is 0 Å². The lowest BCUT2D eigenvalue weighted by Gasteiger charge is -2.34. The van der Waals surface area contributed by atoms with Gasteiger partial charge < -0.3 is 0 Å². The molecule has 0 fully saturated rings. The van der Waals surface area contributed by atoms with Gasteiger partial charge in [-0.2, -0.15) is 0 Å². The fourth-order valence-corrected chi connectivity index (χ4v) is 9.85. The summed E-state index contributed by atoms with van der Waals surface area (Å²) in [5.74, 6) is 0. The molecule has 0 saturated heterocycles. The largest absolute Gasteiger partial charge is 0.299 e. The van der Waals surface area contributed by atoms with Crippen LogP contribution in [0.3, 0.4) is 0 Å². The van der Waals surface area contributed by atoms with Crippen molar-refractivity contribution in [2.24, 2.45) is 0 Å². The van der Waals surface area contributed by atoms with Gasteiger partial charge in [-0.3, -0.25) is 4.90 Å². The molecule has 0 saturated carbocycles. The van der Waals surface area contributed by atoms with Gasteiger partial charge in [0, 0.05) is 0 Å². The summed E-state index contributed by atoms with van der Waals surface area (Å²) < 4.78 is 0. The summed E-state index contributed by atoms with van der Waals surface area (Å²) in [6.07, 6.45) is 4.93. The predicted molar refractivity (Wildman–Crippen MR) is 145 cm³/mol. The first-order valence-electron chi connectivity index (χ1n) is 11.5. The second-order valence-corrected chi connectivity index (χ2v) is 17.7. The second kappa shape index (κ2) is 8.27. The first kappa shape index (κ1) is 21.6. The summed E-state index contributed by atoms with van der Waals surface area (Å²) in [5, 5.41) is 4.35. The maximum atomic E-state index is 2.51. The van der Waals surface area contributed by atoms with E-state index in [0.717, 1.165) is 0 Å². The standard InChI is InChI=1S/C29H32NPSi/c1-30(2)29-27-23(24-19-20-26(28(24)29)32(3,4)5)17-12-18-25(27)31(21-13-8-6-9-14-21)22-15-10-7-11-16-22/h6-20,26,29H,1-5H3/t26?,29-/m1/s1. The van der Waals surface area contributed by atoms with Crippen molar-refractivity contribution in [1.29, 1.82) is 0 Å². The highest BCUT2D eigenvalue weighted by atomic mass is 31.1. The predicted octanol–water partition coefficient (Wildman–Crippen LogP) is 6.09. The maximum Gasteiger partial charge on any atom is 0.0580 e. The van der Waals surface area contributed by atoms with E-state index in [0.29, 0.717) is 11.6 Å². The highest BCUT2D eigenvalue weighted by Gasteiger charge is 2.44. The van der Waals surface area contributed by atoms with Gasteiger partial charge in [-0.15, -0.1) is 0 Å². The summed E-state index contributed by atoms with van der Waals surface area (Å²) in [5.41, 5.74) is 6.73. The topological polar surface area (TPSA) is 3.24 Å². The molecule has 0 amide bonds. The zero-order valence-corrected chi connectivity index (χ0v) is 21.6. The molecule has 0 aliphatic heterocycles. The van der Waals surface area contributed by atoms with E-state index in [1.165, 1.54) is 32.6 Å². The van der Waals surface area contributed by atoms with Crippen LogP contribution < -0.4 is 15.9 Å². The van der Waals surface area contributed by atoms with Gasteiger partial charge in [0.15, 0.2) is 0 Å². The van der Waals surface area contributed by atoms with Crippen LogP contribution in [0.25, 0.3) is 5.57 Å². The average Bonchev–Trinajstić information content (AvgIpc) is 3.34. The van der Waals surface area contributed by atoms with Crippen molar-refractivity contribution in [3.8, 4) is 0 Å². The summed E-state index contributed by atoms with van der Waals surface area (Å²) in [6, 6.07) is 29.6. The van der Waals surface area contributed by atoms with E-state index in [9.17, 15) is 0 Å². The molecule has 0 radical (unpaired) electrons. The Labute approximate surface area is 195 Å². The van der Waals surface area contributed by atoms with E-state index in [-0.39, 0.29) is 0 Å². The molecular weight excluding hydrogens is 421 g/mol. The molecule has 2 aliphatic carbocycles. The van der Waals surface area contributed by atoms with Crippen LogP contribution in [0, 0.1) is 0 Å². The van der Waals surface area contributed by atoms with Crippen molar-refractivity contribution in [3.63, 3.8) is 0 Å². The van der Waals surface area contributed by atoms with Gasteiger partial charge in [0.1, 0.15) is 0 Å². The van der Waals surface area contributed by atoms with Crippen molar-refractivity contribution < 1.29 is 0 Å². The van der Waals surface area contributed by atoms with Crippen LogP contribution in [-0.2, 0) is 0 Å². The molecule has 0 spiro atoms. The van der Waals surface area contributed by atoms with E-state index < -0.39 is 16.0 Å². The van der Waals surface area contributed by atoms with Gasteiger partial charge in [0.25, 0.3) is 0 Å².